The van der Waals surface area contributed by atoms with Gasteiger partial charge in [-0.15, -0.1) is 0 Å². The van der Waals surface area contributed by atoms with Crippen LogP contribution in [0.4, 0.5) is 0 Å². The largest absolute Gasteiger partial charge is 0.0801 e. The number of hydrogen-bond acceptors (Lipinski definition) is 0. The van der Waals surface area contributed by atoms with E-state index in [-0.39, 0.29) is 0 Å². The molecule has 0 amide bonds. The van der Waals surface area contributed by atoms with Gasteiger partial charge in [0.1, 0.15) is 0 Å². The van der Waals surface area contributed by atoms with Crippen molar-refractivity contribution in [2.45, 2.75) is 41.0 Å². The summed E-state index contributed by atoms with van der Waals surface area (Å²) in [4.78, 5) is 0. The first-order valence-corrected chi connectivity index (χ1v) is 5.10. The number of benzene rings is 1. The van der Waals surface area contributed by atoms with Gasteiger partial charge in [0.15, 0.2) is 0 Å². The van der Waals surface area contributed by atoms with Crippen LogP contribution in [0.5, 0.6) is 0 Å². The van der Waals surface area contributed by atoms with Gasteiger partial charge in [0, 0.05) is 0 Å². The summed E-state index contributed by atoms with van der Waals surface area (Å²) < 4.78 is 0. The van der Waals surface area contributed by atoms with Crippen LogP contribution in [0, 0.1) is 41.2 Å². The second kappa shape index (κ2) is 4.00. The minimum absolute atomic E-state index is 0.875. The van der Waals surface area contributed by atoms with E-state index in [0.717, 1.165) is 6.42 Å². The van der Waals surface area contributed by atoms with Crippen molar-refractivity contribution in [2.24, 2.45) is 0 Å². The lowest BCUT2D eigenvalue weighted by atomic mass is 9.88. The van der Waals surface area contributed by atoms with Crippen LogP contribution in [0.1, 0.15) is 33.4 Å². The molecule has 0 aliphatic carbocycles. The SMILES string of the molecule is [CH]=CCc1c(C)c(C)c(C)c(C)c1C. The quantitative estimate of drug-likeness (QED) is 0.661. The molecule has 1 aromatic carbocycles. The first-order valence-electron chi connectivity index (χ1n) is 5.10. The molecule has 0 bridgehead atoms. The Morgan fingerprint density at radius 3 is 1.50 bits per heavy atom. The number of rotatable bonds is 2. The summed E-state index contributed by atoms with van der Waals surface area (Å²) in [5, 5.41) is 0. The van der Waals surface area contributed by atoms with Crippen LogP contribution in [-0.2, 0) is 6.42 Å². The van der Waals surface area contributed by atoms with Crippen LogP contribution in [0.15, 0.2) is 6.08 Å². The van der Waals surface area contributed by atoms with Gasteiger partial charge in [-0.05, 0) is 74.4 Å². The number of hydrogen-bond donors (Lipinski definition) is 0. The van der Waals surface area contributed by atoms with Gasteiger partial charge in [-0.25, -0.2) is 0 Å². The molecule has 1 radical (unpaired) electrons. The zero-order valence-electron chi connectivity index (χ0n) is 9.86. The topological polar surface area (TPSA) is 0 Å². The molecule has 0 spiro atoms. The highest BCUT2D eigenvalue weighted by molar-refractivity contribution is 5.49. The average molecular weight is 187 g/mol. The molecule has 0 heteroatoms. The first kappa shape index (κ1) is 11.0. The molecule has 0 N–H and O–H groups in total. The van der Waals surface area contributed by atoms with Crippen molar-refractivity contribution in [3.05, 3.63) is 46.0 Å². The van der Waals surface area contributed by atoms with E-state index >= 15 is 0 Å². The normalized spacial score (nSPS) is 10.4. The van der Waals surface area contributed by atoms with Gasteiger partial charge in [0.25, 0.3) is 0 Å². The second-order valence-corrected chi connectivity index (χ2v) is 4.04. The summed E-state index contributed by atoms with van der Waals surface area (Å²) in [7, 11) is 0. The van der Waals surface area contributed by atoms with E-state index in [1.165, 1.54) is 33.4 Å². The summed E-state index contributed by atoms with van der Waals surface area (Å²) in [5.41, 5.74) is 8.42. The van der Waals surface area contributed by atoms with Crippen LogP contribution < -0.4 is 0 Å². The van der Waals surface area contributed by atoms with E-state index in [0.29, 0.717) is 0 Å². The molecule has 0 unspecified atom stereocenters. The van der Waals surface area contributed by atoms with Gasteiger partial charge in [-0.1, -0.05) is 12.7 Å². The van der Waals surface area contributed by atoms with Gasteiger partial charge in [-0.3, -0.25) is 0 Å². The monoisotopic (exact) mass is 187 g/mol. The fourth-order valence-electron chi connectivity index (χ4n) is 2.00. The fraction of sp³-hybridized carbons (Fsp3) is 0.429. The maximum absolute atomic E-state index is 5.51. The minimum Gasteiger partial charge on any atom is -0.0801 e. The van der Waals surface area contributed by atoms with Crippen molar-refractivity contribution in [1.82, 2.24) is 0 Å². The Morgan fingerprint density at radius 2 is 1.14 bits per heavy atom. The lowest BCUT2D eigenvalue weighted by Crippen LogP contribution is -2.01. The van der Waals surface area contributed by atoms with Gasteiger partial charge < -0.3 is 0 Å². The average Bonchev–Trinajstić information content (AvgIpc) is 2.19. The van der Waals surface area contributed by atoms with Gasteiger partial charge in [-0.2, -0.15) is 0 Å². The lowest BCUT2D eigenvalue weighted by molar-refractivity contribution is 1.09. The summed E-state index contributed by atoms with van der Waals surface area (Å²) in [6.07, 6.45) is 2.61. The Morgan fingerprint density at radius 1 is 0.786 bits per heavy atom. The third-order valence-corrected chi connectivity index (χ3v) is 3.48. The first-order chi connectivity index (χ1) is 6.50. The van der Waals surface area contributed by atoms with Crippen molar-refractivity contribution in [3.8, 4) is 0 Å². The predicted octanol–water partition coefficient (Wildman–Crippen LogP) is 3.76. The molecule has 0 aliphatic heterocycles. The van der Waals surface area contributed by atoms with Gasteiger partial charge >= 0.3 is 0 Å². The molecule has 75 valence electrons. The van der Waals surface area contributed by atoms with Gasteiger partial charge in [0.05, 0.1) is 0 Å². The molecule has 0 aromatic heterocycles. The molecule has 0 saturated heterocycles. The van der Waals surface area contributed by atoms with Crippen LogP contribution in [-0.4, -0.2) is 0 Å². The Bertz CT molecular complexity index is 341. The van der Waals surface area contributed by atoms with Crippen LogP contribution in [0.3, 0.4) is 0 Å². The predicted molar refractivity (Wildman–Crippen MR) is 62.7 cm³/mol. The molecule has 0 heterocycles. The Balaban J connectivity index is 3.50. The molecule has 0 atom stereocenters. The standard InChI is InChI=1S/C14H19/c1-7-8-14-12(5)10(3)9(2)11(4)13(14)6/h1,7H,8H2,2-6H3. The smallest absolute Gasteiger partial charge is 0.00889 e. The van der Waals surface area contributed by atoms with Crippen molar-refractivity contribution in [1.29, 1.82) is 0 Å². The zero-order chi connectivity index (χ0) is 10.9. The molecular formula is C14H19. The Labute approximate surface area is 87.7 Å². The second-order valence-electron chi connectivity index (χ2n) is 4.04. The van der Waals surface area contributed by atoms with Crippen LogP contribution in [0.2, 0.25) is 0 Å². The van der Waals surface area contributed by atoms with Gasteiger partial charge in [0.2, 0.25) is 0 Å². The van der Waals surface area contributed by atoms with Crippen molar-refractivity contribution >= 4 is 0 Å². The van der Waals surface area contributed by atoms with E-state index in [1.54, 1.807) is 6.08 Å². The third kappa shape index (κ3) is 1.61. The summed E-state index contributed by atoms with van der Waals surface area (Å²) in [6, 6.07) is 0. The highest BCUT2D eigenvalue weighted by Crippen LogP contribution is 2.26. The Hall–Kier alpha value is -1.04. The van der Waals surface area contributed by atoms with E-state index in [2.05, 4.69) is 34.6 Å². The van der Waals surface area contributed by atoms with Crippen LogP contribution >= 0.6 is 0 Å². The molecule has 0 fully saturated rings. The van der Waals surface area contributed by atoms with Crippen molar-refractivity contribution in [2.75, 3.05) is 0 Å². The maximum Gasteiger partial charge on any atom is -0.00889 e. The molecule has 0 nitrogen and oxygen atoms in total. The van der Waals surface area contributed by atoms with Crippen molar-refractivity contribution in [3.63, 3.8) is 0 Å². The Kier molecular flexibility index (Phi) is 3.15. The van der Waals surface area contributed by atoms with E-state index in [1.807, 2.05) is 0 Å². The van der Waals surface area contributed by atoms with E-state index in [4.69, 9.17) is 6.58 Å². The minimum atomic E-state index is 0.875. The molecule has 0 saturated carbocycles. The summed E-state index contributed by atoms with van der Waals surface area (Å²) in [6.45, 7) is 16.5. The lowest BCUT2D eigenvalue weighted by Gasteiger charge is -2.17. The van der Waals surface area contributed by atoms with Crippen molar-refractivity contribution < 1.29 is 0 Å². The molecular weight excluding hydrogens is 168 g/mol. The summed E-state index contributed by atoms with van der Waals surface area (Å²) >= 11 is 0. The fourth-order valence-corrected chi connectivity index (χ4v) is 2.00. The maximum atomic E-state index is 5.51. The van der Waals surface area contributed by atoms with Crippen LogP contribution in [0.25, 0.3) is 0 Å². The molecule has 0 aliphatic rings. The molecule has 1 aromatic rings. The molecule has 14 heavy (non-hydrogen) atoms. The zero-order valence-corrected chi connectivity index (χ0v) is 9.86. The van der Waals surface area contributed by atoms with E-state index < -0.39 is 0 Å². The highest BCUT2D eigenvalue weighted by Gasteiger charge is 2.10. The van der Waals surface area contributed by atoms with E-state index in [9.17, 15) is 0 Å². The number of allylic oxidation sites excluding steroid dienone is 1. The third-order valence-electron chi connectivity index (χ3n) is 3.48. The summed E-state index contributed by atoms with van der Waals surface area (Å²) in [5.74, 6) is 0. The highest BCUT2D eigenvalue weighted by atomic mass is 14.1. The molecule has 1 rings (SSSR count).